The van der Waals surface area contributed by atoms with Crippen LogP contribution in [-0.2, 0) is 0 Å². The van der Waals surface area contributed by atoms with Crippen LogP contribution in [0.3, 0.4) is 0 Å². The van der Waals surface area contributed by atoms with Gasteiger partial charge in [-0.25, -0.2) is 4.98 Å². The molecule has 2 N–H and O–H groups in total. The third-order valence-electron chi connectivity index (χ3n) is 5.53. The van der Waals surface area contributed by atoms with E-state index in [1.54, 1.807) is 0 Å². The Morgan fingerprint density at radius 1 is 1.26 bits per heavy atom. The summed E-state index contributed by atoms with van der Waals surface area (Å²) in [5.74, 6) is 2.35. The highest BCUT2D eigenvalue weighted by atomic mass is 16.5. The Balaban J connectivity index is 1.39. The minimum Gasteiger partial charge on any atom is -0.493 e. The number of aromatic amines is 1. The summed E-state index contributed by atoms with van der Waals surface area (Å²) in [6.45, 7) is 5.90. The van der Waals surface area contributed by atoms with E-state index in [2.05, 4.69) is 9.97 Å². The van der Waals surface area contributed by atoms with E-state index in [0.717, 1.165) is 42.7 Å². The molecule has 0 spiro atoms. The number of hydrogen-bond acceptors (Lipinski definition) is 4. The van der Waals surface area contributed by atoms with Crippen molar-refractivity contribution >= 4 is 16.9 Å². The Bertz CT molecular complexity index is 812. The number of aromatic nitrogens is 2. The van der Waals surface area contributed by atoms with Gasteiger partial charge >= 0.3 is 0 Å². The largest absolute Gasteiger partial charge is 0.493 e. The van der Waals surface area contributed by atoms with E-state index in [1.807, 2.05) is 36.9 Å². The minimum atomic E-state index is -0.644. The minimum absolute atomic E-state index is 0.0478. The van der Waals surface area contributed by atoms with Gasteiger partial charge in [0.2, 0.25) is 0 Å². The molecule has 2 heterocycles. The van der Waals surface area contributed by atoms with Crippen LogP contribution >= 0.6 is 0 Å². The van der Waals surface area contributed by atoms with E-state index in [1.165, 1.54) is 12.8 Å². The van der Waals surface area contributed by atoms with E-state index < -0.39 is 5.60 Å². The third kappa shape index (κ3) is 4.61. The van der Waals surface area contributed by atoms with Gasteiger partial charge in [0.15, 0.2) is 5.82 Å². The van der Waals surface area contributed by atoms with Crippen LogP contribution in [0.2, 0.25) is 0 Å². The summed E-state index contributed by atoms with van der Waals surface area (Å²) in [5.41, 5.74) is 0.979. The van der Waals surface area contributed by atoms with Crippen molar-refractivity contribution in [1.82, 2.24) is 14.9 Å². The Morgan fingerprint density at radius 3 is 2.67 bits per heavy atom. The molecule has 1 aromatic heterocycles. The smallest absolute Gasteiger partial charge is 0.289 e. The standard InChI is InChI=1S/C21H29N3O3/c1-21(2,26)12-14-7-9-24(10-8-14)20(25)19-22-17-6-5-16(11-18(17)23-19)27-13-15-3-4-15/h5-6,11,14-15,26H,3-4,7-10,12-13H2,1-2H3,(H,22,23). The van der Waals surface area contributed by atoms with Gasteiger partial charge in [0.05, 0.1) is 23.2 Å². The summed E-state index contributed by atoms with van der Waals surface area (Å²) in [6, 6.07) is 5.75. The number of aliphatic hydroxyl groups is 1. The number of piperidine rings is 1. The molecule has 6 heteroatoms. The van der Waals surface area contributed by atoms with Gasteiger partial charge in [-0.15, -0.1) is 0 Å². The molecule has 0 radical (unpaired) electrons. The van der Waals surface area contributed by atoms with Crippen molar-refractivity contribution in [3.05, 3.63) is 24.0 Å². The molecule has 0 unspecified atom stereocenters. The fraction of sp³-hybridized carbons (Fsp3) is 0.619. The van der Waals surface area contributed by atoms with Crippen LogP contribution in [0.15, 0.2) is 18.2 Å². The first-order valence-corrected chi connectivity index (χ1v) is 10.0. The van der Waals surface area contributed by atoms with E-state index in [-0.39, 0.29) is 5.91 Å². The molecule has 2 fully saturated rings. The number of benzene rings is 1. The number of H-pyrrole nitrogens is 1. The van der Waals surface area contributed by atoms with Crippen molar-refractivity contribution in [3.63, 3.8) is 0 Å². The summed E-state index contributed by atoms with van der Waals surface area (Å²) in [7, 11) is 0. The molecule has 1 amide bonds. The molecule has 4 rings (SSSR count). The van der Waals surface area contributed by atoms with Gasteiger partial charge in [-0.3, -0.25) is 4.79 Å². The molecule has 27 heavy (non-hydrogen) atoms. The van der Waals surface area contributed by atoms with Gasteiger partial charge in [0, 0.05) is 19.2 Å². The summed E-state index contributed by atoms with van der Waals surface area (Å²) in [4.78, 5) is 22.3. The van der Waals surface area contributed by atoms with E-state index in [9.17, 15) is 9.90 Å². The summed E-state index contributed by atoms with van der Waals surface area (Å²) < 4.78 is 5.81. The lowest BCUT2D eigenvalue weighted by molar-refractivity contribution is 0.0355. The molecule has 1 saturated heterocycles. The van der Waals surface area contributed by atoms with Crippen LogP contribution in [0.25, 0.3) is 11.0 Å². The van der Waals surface area contributed by atoms with Crippen molar-refractivity contribution < 1.29 is 14.6 Å². The Morgan fingerprint density at radius 2 is 2.00 bits per heavy atom. The van der Waals surface area contributed by atoms with Crippen LogP contribution in [-0.4, -0.2) is 51.2 Å². The van der Waals surface area contributed by atoms with E-state index >= 15 is 0 Å². The average molecular weight is 371 g/mol. The van der Waals surface area contributed by atoms with E-state index in [4.69, 9.17) is 4.74 Å². The van der Waals surface area contributed by atoms with Gasteiger partial charge in [0.1, 0.15) is 5.75 Å². The summed E-state index contributed by atoms with van der Waals surface area (Å²) in [5, 5.41) is 9.99. The fourth-order valence-electron chi connectivity index (χ4n) is 3.87. The van der Waals surface area contributed by atoms with E-state index in [0.29, 0.717) is 30.7 Å². The molecule has 6 nitrogen and oxygen atoms in total. The second kappa shape index (κ2) is 7.15. The number of nitrogens with zero attached hydrogens (tertiary/aromatic N) is 2. The zero-order chi connectivity index (χ0) is 19.0. The van der Waals surface area contributed by atoms with Crippen molar-refractivity contribution in [3.8, 4) is 5.75 Å². The van der Waals surface area contributed by atoms with Crippen LogP contribution in [0.5, 0.6) is 5.75 Å². The lowest BCUT2D eigenvalue weighted by Crippen LogP contribution is -2.40. The summed E-state index contributed by atoms with van der Waals surface area (Å²) >= 11 is 0. The van der Waals surface area contributed by atoms with Crippen LogP contribution in [0.1, 0.15) is 56.6 Å². The lowest BCUT2D eigenvalue weighted by atomic mass is 9.86. The van der Waals surface area contributed by atoms with Gasteiger partial charge in [0.25, 0.3) is 5.91 Å². The molecular weight excluding hydrogens is 342 g/mol. The monoisotopic (exact) mass is 371 g/mol. The zero-order valence-corrected chi connectivity index (χ0v) is 16.2. The maximum atomic E-state index is 12.8. The maximum absolute atomic E-state index is 12.8. The number of carbonyl (C=O) groups excluding carboxylic acids is 1. The number of nitrogens with one attached hydrogen (secondary N) is 1. The second-order valence-corrected chi connectivity index (χ2v) is 8.77. The number of amides is 1. The molecular formula is C21H29N3O3. The highest BCUT2D eigenvalue weighted by Crippen LogP contribution is 2.30. The molecule has 2 aromatic rings. The SMILES string of the molecule is CC(C)(O)CC1CCN(C(=O)c2nc3ccc(OCC4CC4)cc3[nH]2)CC1. The average Bonchev–Trinajstić information content (AvgIpc) is 3.35. The Hall–Kier alpha value is -2.08. The quantitative estimate of drug-likeness (QED) is 0.816. The van der Waals surface area contributed by atoms with Crippen molar-refractivity contribution in [2.24, 2.45) is 11.8 Å². The third-order valence-corrected chi connectivity index (χ3v) is 5.53. The first-order chi connectivity index (χ1) is 12.9. The van der Waals surface area contributed by atoms with Gasteiger partial charge < -0.3 is 19.7 Å². The number of hydrogen-bond donors (Lipinski definition) is 2. The van der Waals surface area contributed by atoms with Crippen LogP contribution in [0, 0.1) is 11.8 Å². The van der Waals surface area contributed by atoms with Crippen LogP contribution in [0.4, 0.5) is 0 Å². The second-order valence-electron chi connectivity index (χ2n) is 8.77. The molecule has 1 aliphatic heterocycles. The highest BCUT2D eigenvalue weighted by molar-refractivity contribution is 5.94. The van der Waals surface area contributed by atoms with Crippen molar-refractivity contribution in [2.75, 3.05) is 19.7 Å². The molecule has 1 aromatic carbocycles. The number of likely N-dealkylation sites (tertiary alicyclic amines) is 1. The normalized spacial score (nSPS) is 18.9. The number of imidazole rings is 1. The lowest BCUT2D eigenvalue weighted by Gasteiger charge is -2.34. The fourth-order valence-corrected chi connectivity index (χ4v) is 3.87. The molecule has 0 bridgehead atoms. The predicted molar refractivity (Wildman–Crippen MR) is 104 cm³/mol. The zero-order valence-electron chi connectivity index (χ0n) is 16.2. The molecule has 2 aliphatic rings. The van der Waals surface area contributed by atoms with Crippen molar-refractivity contribution in [2.45, 2.75) is 51.6 Å². The highest BCUT2D eigenvalue weighted by Gasteiger charge is 2.28. The maximum Gasteiger partial charge on any atom is 0.289 e. The number of ether oxygens (including phenoxy) is 1. The molecule has 1 aliphatic carbocycles. The number of rotatable bonds is 6. The Kier molecular flexibility index (Phi) is 4.84. The first-order valence-electron chi connectivity index (χ1n) is 10.0. The Labute approximate surface area is 159 Å². The number of carbonyl (C=O) groups is 1. The van der Waals surface area contributed by atoms with Gasteiger partial charge in [-0.1, -0.05) is 0 Å². The number of fused-ring (bicyclic) bond motifs is 1. The van der Waals surface area contributed by atoms with Gasteiger partial charge in [-0.05, 0) is 69.9 Å². The topological polar surface area (TPSA) is 78.4 Å². The van der Waals surface area contributed by atoms with Crippen molar-refractivity contribution in [1.29, 1.82) is 0 Å². The molecule has 146 valence electrons. The molecule has 0 atom stereocenters. The van der Waals surface area contributed by atoms with Crippen LogP contribution < -0.4 is 4.74 Å². The first kappa shape index (κ1) is 18.3. The van der Waals surface area contributed by atoms with Gasteiger partial charge in [-0.2, -0.15) is 0 Å². The predicted octanol–water partition coefficient (Wildman–Crippen LogP) is 3.36. The molecule has 1 saturated carbocycles. The summed E-state index contributed by atoms with van der Waals surface area (Å²) in [6.07, 6.45) is 5.16.